The summed E-state index contributed by atoms with van der Waals surface area (Å²) in [4.78, 5) is 3.88. The predicted molar refractivity (Wildman–Crippen MR) is 105 cm³/mol. The SMILES string of the molecule is Cc1cc(Cl)ccc1NC(=S)N1CC[NH+](Cc2ccccc2)CC1. The number of hydrogen-bond acceptors (Lipinski definition) is 1. The molecular formula is C19H23ClN3S+. The van der Waals surface area contributed by atoms with Crippen LogP contribution in [0.2, 0.25) is 5.02 Å². The number of piperazine rings is 1. The van der Waals surface area contributed by atoms with Crippen molar-refractivity contribution < 1.29 is 4.90 Å². The number of halogens is 1. The Morgan fingerprint density at radius 2 is 1.88 bits per heavy atom. The molecule has 0 aromatic heterocycles. The standard InChI is InChI=1S/C19H22ClN3S/c1-15-13-17(20)7-8-18(15)21-19(24)23-11-9-22(10-12-23)14-16-5-3-2-4-6-16/h2-8,13H,9-12,14H2,1H3,(H,21,24)/p+1. The van der Waals surface area contributed by atoms with Gasteiger partial charge in [-0.05, 0) is 42.9 Å². The summed E-state index contributed by atoms with van der Waals surface area (Å²) in [6, 6.07) is 16.5. The summed E-state index contributed by atoms with van der Waals surface area (Å²) in [5, 5.41) is 4.92. The number of nitrogens with one attached hydrogen (secondary N) is 2. The minimum atomic E-state index is 0.752. The van der Waals surface area contributed by atoms with Gasteiger partial charge in [0.1, 0.15) is 6.54 Å². The zero-order valence-electron chi connectivity index (χ0n) is 13.9. The van der Waals surface area contributed by atoms with E-state index in [1.807, 2.05) is 25.1 Å². The van der Waals surface area contributed by atoms with E-state index in [1.165, 1.54) is 5.56 Å². The molecule has 24 heavy (non-hydrogen) atoms. The van der Waals surface area contributed by atoms with Crippen LogP contribution in [-0.2, 0) is 6.54 Å². The van der Waals surface area contributed by atoms with Crippen molar-refractivity contribution >= 4 is 34.6 Å². The minimum absolute atomic E-state index is 0.752. The lowest BCUT2D eigenvalue weighted by atomic mass is 10.2. The van der Waals surface area contributed by atoms with Crippen molar-refractivity contribution in [1.82, 2.24) is 4.90 Å². The van der Waals surface area contributed by atoms with Gasteiger partial charge in [-0.3, -0.25) is 0 Å². The number of hydrogen-bond donors (Lipinski definition) is 2. The summed E-state index contributed by atoms with van der Waals surface area (Å²) in [6.45, 7) is 7.32. The van der Waals surface area contributed by atoms with Crippen LogP contribution in [0.3, 0.4) is 0 Å². The second-order valence-corrected chi connectivity index (χ2v) is 7.11. The maximum atomic E-state index is 6.01. The molecule has 0 amide bonds. The number of nitrogens with zero attached hydrogens (tertiary/aromatic N) is 1. The van der Waals surface area contributed by atoms with Gasteiger partial charge in [-0.25, -0.2) is 0 Å². The van der Waals surface area contributed by atoms with Crippen molar-refractivity contribution in [3.8, 4) is 0 Å². The van der Waals surface area contributed by atoms with E-state index in [1.54, 1.807) is 4.90 Å². The Morgan fingerprint density at radius 3 is 2.54 bits per heavy atom. The number of benzene rings is 2. The van der Waals surface area contributed by atoms with Crippen molar-refractivity contribution in [3.05, 3.63) is 64.7 Å². The molecule has 0 radical (unpaired) electrons. The van der Waals surface area contributed by atoms with Crippen molar-refractivity contribution in [2.75, 3.05) is 31.5 Å². The maximum absolute atomic E-state index is 6.01. The summed E-state index contributed by atoms with van der Waals surface area (Å²) in [7, 11) is 0. The van der Waals surface area contributed by atoms with Crippen LogP contribution in [0.15, 0.2) is 48.5 Å². The van der Waals surface area contributed by atoms with Crippen LogP contribution in [0.25, 0.3) is 0 Å². The quantitative estimate of drug-likeness (QED) is 0.821. The van der Waals surface area contributed by atoms with E-state index >= 15 is 0 Å². The van der Waals surface area contributed by atoms with E-state index < -0.39 is 0 Å². The van der Waals surface area contributed by atoms with Gasteiger partial charge in [0.2, 0.25) is 0 Å². The molecule has 0 bridgehead atoms. The van der Waals surface area contributed by atoms with E-state index in [-0.39, 0.29) is 0 Å². The molecular weight excluding hydrogens is 338 g/mol. The molecule has 0 saturated carbocycles. The molecule has 2 aromatic carbocycles. The number of thiocarbonyl (C=S) groups is 1. The molecule has 5 heteroatoms. The molecule has 3 rings (SSSR count). The largest absolute Gasteiger partial charge is 0.338 e. The fraction of sp³-hybridized carbons (Fsp3) is 0.316. The Hall–Kier alpha value is -1.62. The Kier molecular flexibility index (Phi) is 5.72. The number of aryl methyl sites for hydroxylation is 1. The lowest BCUT2D eigenvalue weighted by Crippen LogP contribution is -3.13. The third-order valence-electron chi connectivity index (χ3n) is 4.48. The highest BCUT2D eigenvalue weighted by molar-refractivity contribution is 7.80. The molecule has 1 saturated heterocycles. The van der Waals surface area contributed by atoms with Gasteiger partial charge in [-0.1, -0.05) is 41.9 Å². The van der Waals surface area contributed by atoms with Crippen molar-refractivity contribution in [2.45, 2.75) is 13.5 Å². The number of anilines is 1. The lowest BCUT2D eigenvalue weighted by molar-refractivity contribution is -0.917. The third-order valence-corrected chi connectivity index (χ3v) is 5.08. The lowest BCUT2D eigenvalue weighted by Gasteiger charge is -2.34. The fourth-order valence-corrected chi connectivity index (χ4v) is 3.57. The highest BCUT2D eigenvalue weighted by Gasteiger charge is 2.22. The molecule has 3 nitrogen and oxygen atoms in total. The van der Waals surface area contributed by atoms with E-state index in [4.69, 9.17) is 23.8 Å². The molecule has 0 atom stereocenters. The van der Waals surface area contributed by atoms with Gasteiger partial charge >= 0.3 is 0 Å². The van der Waals surface area contributed by atoms with Crippen LogP contribution in [0.4, 0.5) is 5.69 Å². The number of quaternary nitrogens is 1. The van der Waals surface area contributed by atoms with E-state index in [0.717, 1.165) is 54.1 Å². The molecule has 2 N–H and O–H groups in total. The minimum Gasteiger partial charge on any atom is -0.338 e. The van der Waals surface area contributed by atoms with Gasteiger partial charge in [0, 0.05) is 16.3 Å². The van der Waals surface area contributed by atoms with Crippen molar-refractivity contribution in [3.63, 3.8) is 0 Å². The summed E-state index contributed by atoms with van der Waals surface area (Å²) in [6.07, 6.45) is 0. The Morgan fingerprint density at radius 1 is 1.17 bits per heavy atom. The topological polar surface area (TPSA) is 19.7 Å². The zero-order valence-corrected chi connectivity index (χ0v) is 15.5. The van der Waals surface area contributed by atoms with Crippen LogP contribution >= 0.6 is 23.8 Å². The van der Waals surface area contributed by atoms with E-state index in [2.05, 4.69) is 40.5 Å². The number of rotatable bonds is 3. The van der Waals surface area contributed by atoms with Crippen LogP contribution in [0, 0.1) is 6.92 Å². The van der Waals surface area contributed by atoms with Gasteiger partial charge in [-0.15, -0.1) is 0 Å². The molecule has 126 valence electrons. The Labute approximate surface area is 154 Å². The third kappa shape index (κ3) is 4.47. The average Bonchev–Trinajstić information content (AvgIpc) is 2.59. The first-order chi connectivity index (χ1) is 11.6. The summed E-state index contributed by atoms with van der Waals surface area (Å²) in [5.41, 5.74) is 3.54. The molecule has 0 aliphatic carbocycles. The summed E-state index contributed by atoms with van der Waals surface area (Å²) < 4.78 is 0. The maximum Gasteiger partial charge on any atom is 0.173 e. The fourth-order valence-electron chi connectivity index (χ4n) is 3.05. The second-order valence-electron chi connectivity index (χ2n) is 6.29. The predicted octanol–water partition coefficient (Wildman–Crippen LogP) is 2.75. The highest BCUT2D eigenvalue weighted by Crippen LogP contribution is 2.20. The van der Waals surface area contributed by atoms with Crippen LogP contribution in [0.1, 0.15) is 11.1 Å². The summed E-state index contributed by atoms with van der Waals surface area (Å²) in [5.74, 6) is 0. The Balaban J connectivity index is 1.51. The smallest absolute Gasteiger partial charge is 0.173 e. The Bertz CT molecular complexity index is 697. The molecule has 1 aliphatic heterocycles. The van der Waals surface area contributed by atoms with Gasteiger partial charge < -0.3 is 15.1 Å². The molecule has 1 fully saturated rings. The first kappa shape index (κ1) is 17.2. The van der Waals surface area contributed by atoms with E-state index in [9.17, 15) is 0 Å². The first-order valence-corrected chi connectivity index (χ1v) is 9.10. The molecule has 0 unspecified atom stereocenters. The normalized spacial score (nSPS) is 15.3. The molecule has 0 spiro atoms. The average molecular weight is 361 g/mol. The van der Waals surface area contributed by atoms with Crippen LogP contribution in [-0.4, -0.2) is 36.2 Å². The van der Waals surface area contributed by atoms with Gasteiger partial charge in [-0.2, -0.15) is 0 Å². The van der Waals surface area contributed by atoms with Crippen molar-refractivity contribution in [2.24, 2.45) is 0 Å². The van der Waals surface area contributed by atoms with Crippen molar-refractivity contribution in [1.29, 1.82) is 0 Å². The monoisotopic (exact) mass is 360 g/mol. The first-order valence-electron chi connectivity index (χ1n) is 8.31. The van der Waals surface area contributed by atoms with E-state index in [0.29, 0.717) is 0 Å². The summed E-state index contributed by atoms with van der Waals surface area (Å²) >= 11 is 11.6. The van der Waals surface area contributed by atoms with Crippen LogP contribution in [0.5, 0.6) is 0 Å². The molecule has 1 heterocycles. The molecule has 1 aliphatic rings. The zero-order chi connectivity index (χ0) is 16.9. The van der Waals surface area contributed by atoms with Crippen LogP contribution < -0.4 is 10.2 Å². The van der Waals surface area contributed by atoms with Gasteiger partial charge in [0.05, 0.1) is 26.2 Å². The highest BCUT2D eigenvalue weighted by atomic mass is 35.5. The van der Waals surface area contributed by atoms with Gasteiger partial charge in [0.15, 0.2) is 5.11 Å². The molecule has 2 aromatic rings. The second kappa shape index (κ2) is 7.97. The van der Waals surface area contributed by atoms with Gasteiger partial charge in [0.25, 0.3) is 0 Å².